The van der Waals surface area contributed by atoms with Crippen LogP contribution in [0.3, 0.4) is 0 Å². The molecule has 0 N–H and O–H groups in total. The Kier molecular flexibility index (Phi) is 29.4. The summed E-state index contributed by atoms with van der Waals surface area (Å²) in [7, 11) is 0. The number of anilines is 9. The van der Waals surface area contributed by atoms with Gasteiger partial charge < -0.3 is 49.0 Å². The van der Waals surface area contributed by atoms with E-state index in [2.05, 4.69) is 523 Å². The maximum absolute atomic E-state index is 2.74. The summed E-state index contributed by atoms with van der Waals surface area (Å²) in [6.07, 6.45) is 13.5. The van der Waals surface area contributed by atoms with Crippen molar-refractivity contribution in [3.05, 3.63) is 462 Å². The summed E-state index contributed by atoms with van der Waals surface area (Å²) in [6.45, 7) is 51.0. The standard InChI is InChI=1S/C38H34N2.C26H32N2.C25H30N2.2C21H24N2.5CH4/c1-26-16-11-14-25-34(26)39-29(4)36-32-23-12-13-24-33(32)38(30-19-7-5-8-20-30,31-21-9-6-10-22-31)40(36)37(39)35-27(2)17-15-18-28(35)3;1-18-12-8-10-16-23(18)27-19(2)25-26(4,21-13-6-5-7-14-21)22-15-9-11-17-24(22)28(25)20(27)3;1-17-11-5-9-15-22(17)26-18(2)24-25(4,20-12-6-7-13-20)21-14-8-10-16-23(21)27(24)19(26)3;2*1-14-10-6-8-12-18(14)22-15(2)20-21(4,5)17-11-7-9-13-19(17)23(20)16(22)3;;;;;/h5-25,37H,1-4H3;8-12,15-17,20-21H,5-7,13-14H2,1-4H3;5,8-11,14-16,19-20H,6-7,12-13H2,1-4H3;2*6-13,16H,1-5H3;5*1H4. The van der Waals surface area contributed by atoms with Gasteiger partial charge in [-0.25, -0.2) is 0 Å². The summed E-state index contributed by atoms with van der Waals surface area (Å²) in [5.74, 6) is 1.49. The molecular weight excluding hydrogens is 1770 g/mol. The molecule has 0 spiro atoms. The number of nitrogens with zero attached hydrogens (tertiary/aromatic N) is 10. The summed E-state index contributed by atoms with van der Waals surface area (Å²) in [5, 5.41) is 0. The number of benzene rings is 13. The van der Waals surface area contributed by atoms with E-state index in [1.165, 1.54) is 232 Å². The quantitative estimate of drug-likeness (QED) is 0.132. The maximum Gasteiger partial charge on any atom is 0.134 e. The Morgan fingerprint density at radius 1 is 0.219 bits per heavy atom. The highest BCUT2D eigenvalue weighted by Crippen LogP contribution is 2.67. The van der Waals surface area contributed by atoms with Crippen LogP contribution in [0.1, 0.15) is 294 Å². The SMILES string of the molecule is C.C.C.C.C.CC1=C2N(c3ccccc3C2(C)C)C(C)N1c1ccccc1C.CC1=C2N(c3ccccc3C2(C)C)C(C)N1c1ccccc1C.CC1=C2N(c3ccccc3C2(C)C2CCCC2)C(C)N1c1ccccc1C.CC1=C2N(c3ccccc3C2(C)C2CCCCC2)C(C)N1c1ccccc1C.CC1=C2c3ccccc3C(c3ccccc3)(c3ccccc3)N2C(c2c(C)cccc2C)N1c1ccccc1C. The molecule has 0 amide bonds. The fourth-order valence-electron chi connectivity index (χ4n) is 28.9. The molecule has 2 fully saturated rings. The van der Waals surface area contributed by atoms with Crippen molar-refractivity contribution in [1.82, 2.24) is 4.90 Å². The molecule has 2 aliphatic carbocycles. The van der Waals surface area contributed by atoms with Gasteiger partial charge in [-0.15, -0.1) is 0 Å². The molecule has 7 unspecified atom stereocenters. The summed E-state index contributed by atoms with van der Waals surface area (Å²) in [5.41, 5.74) is 47.9. The average molecular weight is 1940 g/mol. The second-order valence-corrected chi connectivity index (χ2v) is 43.5. The Bertz CT molecular complexity index is 6970. The van der Waals surface area contributed by atoms with Crippen LogP contribution in [0.25, 0.3) is 5.70 Å². The molecule has 0 bridgehead atoms. The lowest BCUT2D eigenvalue weighted by molar-refractivity contribution is 0.211. The molecule has 10 heterocycles. The van der Waals surface area contributed by atoms with Gasteiger partial charge in [0, 0.05) is 124 Å². The van der Waals surface area contributed by atoms with Gasteiger partial charge in [0.15, 0.2) is 0 Å². The maximum atomic E-state index is 2.74. The minimum Gasteiger partial charge on any atom is -0.327 e. The molecule has 10 nitrogen and oxygen atoms in total. The van der Waals surface area contributed by atoms with E-state index >= 15 is 0 Å². The van der Waals surface area contributed by atoms with E-state index < -0.39 is 5.54 Å². The molecule has 0 aromatic heterocycles. The van der Waals surface area contributed by atoms with Crippen LogP contribution in [0, 0.1) is 60.3 Å². The number of aryl methyl sites for hydroxylation is 7. The molecule has 758 valence electrons. The van der Waals surface area contributed by atoms with Crippen LogP contribution in [0.4, 0.5) is 51.2 Å². The highest BCUT2D eigenvalue weighted by Gasteiger charge is 2.61. The van der Waals surface area contributed by atoms with Gasteiger partial charge in [0.1, 0.15) is 36.4 Å². The van der Waals surface area contributed by atoms with E-state index in [9.17, 15) is 0 Å². The van der Waals surface area contributed by atoms with Crippen molar-refractivity contribution in [2.75, 3.05) is 44.1 Å². The van der Waals surface area contributed by atoms with Crippen LogP contribution in [0.2, 0.25) is 0 Å². The molecule has 2 saturated carbocycles. The van der Waals surface area contributed by atoms with E-state index in [0.29, 0.717) is 24.7 Å². The largest absolute Gasteiger partial charge is 0.327 e. The fraction of sp³-hybridized carbons (Fsp3) is 0.353. The van der Waals surface area contributed by atoms with E-state index in [4.69, 9.17) is 0 Å². The minimum absolute atomic E-state index is 0. The zero-order chi connectivity index (χ0) is 98.4. The molecule has 146 heavy (non-hydrogen) atoms. The molecule has 13 aromatic rings. The number of fused-ring (bicyclic) bond motifs is 15. The Morgan fingerprint density at radius 3 is 0.795 bits per heavy atom. The highest BCUT2D eigenvalue weighted by molar-refractivity contribution is 5.89. The van der Waals surface area contributed by atoms with E-state index in [1.54, 1.807) is 22.5 Å². The molecule has 7 atom stereocenters. The predicted octanol–water partition coefficient (Wildman–Crippen LogP) is 35.8. The van der Waals surface area contributed by atoms with Crippen LogP contribution in [-0.2, 0) is 27.2 Å². The van der Waals surface area contributed by atoms with E-state index in [1.807, 2.05) is 0 Å². The number of hydrogen-bond acceptors (Lipinski definition) is 10. The lowest BCUT2D eigenvalue weighted by Gasteiger charge is -2.47. The monoisotopic (exact) mass is 1940 g/mol. The lowest BCUT2D eigenvalue weighted by Crippen LogP contribution is -2.47. The number of allylic oxidation sites excluding steroid dienone is 9. The van der Waals surface area contributed by atoms with Crippen LogP contribution < -0.4 is 44.1 Å². The van der Waals surface area contributed by atoms with Crippen LogP contribution in [0.15, 0.2) is 373 Å². The smallest absolute Gasteiger partial charge is 0.134 e. The number of hydrogen-bond donors (Lipinski definition) is 0. The highest BCUT2D eigenvalue weighted by atomic mass is 15.5. The zero-order valence-corrected chi connectivity index (χ0v) is 87.5. The molecule has 10 aliphatic heterocycles. The first-order valence-electron chi connectivity index (χ1n) is 52.5. The fourth-order valence-corrected chi connectivity index (χ4v) is 28.9. The normalized spacial score (nSPS) is 21.9. The summed E-state index contributed by atoms with van der Waals surface area (Å²) >= 11 is 0. The van der Waals surface area contributed by atoms with Crippen LogP contribution in [-0.4, -0.2) is 29.6 Å². The zero-order valence-electron chi connectivity index (χ0n) is 87.5. The third-order valence-electron chi connectivity index (χ3n) is 35.1. The first kappa shape index (κ1) is 105. The predicted molar refractivity (Wildman–Crippen MR) is 628 cm³/mol. The second kappa shape index (κ2) is 40.8. The lowest BCUT2D eigenvalue weighted by atomic mass is 9.65. The Hall–Kier alpha value is -13.4. The van der Waals surface area contributed by atoms with Gasteiger partial charge in [-0.05, 0) is 295 Å². The Balaban J connectivity index is 0.000000131. The molecule has 10 heteroatoms. The van der Waals surface area contributed by atoms with Crippen molar-refractivity contribution in [3.63, 3.8) is 0 Å². The minimum atomic E-state index is -0.507. The third kappa shape index (κ3) is 16.0. The van der Waals surface area contributed by atoms with Gasteiger partial charge in [-0.1, -0.05) is 364 Å². The molecule has 0 radical (unpaired) electrons. The summed E-state index contributed by atoms with van der Waals surface area (Å²) in [4.78, 5) is 25.8. The first-order chi connectivity index (χ1) is 68.0. The first-order valence-corrected chi connectivity index (χ1v) is 52.5. The molecule has 12 aliphatic rings. The Morgan fingerprint density at radius 2 is 0.466 bits per heavy atom. The van der Waals surface area contributed by atoms with Gasteiger partial charge >= 0.3 is 0 Å². The Labute approximate surface area is 878 Å². The van der Waals surface area contributed by atoms with E-state index in [-0.39, 0.29) is 65.0 Å². The summed E-state index contributed by atoms with van der Waals surface area (Å²) in [6, 6.07) is 118. The van der Waals surface area contributed by atoms with Gasteiger partial charge in [-0.3, -0.25) is 0 Å². The average Bonchev–Trinajstić information content (AvgIpc) is 1.50. The molecule has 0 saturated heterocycles. The van der Waals surface area contributed by atoms with Crippen LogP contribution in [0.5, 0.6) is 0 Å². The van der Waals surface area contributed by atoms with Crippen molar-refractivity contribution in [2.24, 2.45) is 11.8 Å². The molecular formula is C136H164N10. The third-order valence-corrected chi connectivity index (χ3v) is 35.1. The number of rotatable bonds is 10. The second-order valence-electron chi connectivity index (χ2n) is 43.5. The topological polar surface area (TPSA) is 32.4 Å². The summed E-state index contributed by atoms with van der Waals surface area (Å²) < 4.78 is 0. The van der Waals surface area contributed by atoms with Crippen molar-refractivity contribution in [3.8, 4) is 0 Å². The number of para-hydroxylation sites is 9. The van der Waals surface area contributed by atoms with Crippen molar-refractivity contribution in [1.29, 1.82) is 0 Å². The van der Waals surface area contributed by atoms with Gasteiger partial charge in [0.25, 0.3) is 0 Å². The molecule has 25 rings (SSSR count). The van der Waals surface area contributed by atoms with Gasteiger partial charge in [-0.2, -0.15) is 0 Å². The van der Waals surface area contributed by atoms with E-state index in [0.717, 1.165) is 11.8 Å². The van der Waals surface area contributed by atoms with Gasteiger partial charge in [0.05, 0.1) is 17.1 Å². The van der Waals surface area contributed by atoms with Crippen molar-refractivity contribution < 1.29 is 0 Å². The molecule has 13 aromatic carbocycles. The van der Waals surface area contributed by atoms with Gasteiger partial charge in [0.2, 0.25) is 0 Å². The van der Waals surface area contributed by atoms with Crippen molar-refractivity contribution in [2.45, 2.75) is 305 Å². The van der Waals surface area contributed by atoms with Crippen LogP contribution >= 0.6 is 0 Å². The van der Waals surface area contributed by atoms with Crippen molar-refractivity contribution >= 4 is 56.9 Å².